The second-order valence-corrected chi connectivity index (χ2v) is 8.97. The Bertz CT molecular complexity index is 905. The maximum atomic E-state index is 12.3. The number of rotatable bonds is 10. The average molecular weight is 455 g/mol. The fourth-order valence-corrected chi connectivity index (χ4v) is 4.29. The molecule has 2 unspecified atom stereocenters. The van der Waals surface area contributed by atoms with Gasteiger partial charge in [-0.05, 0) is 24.5 Å². The molecule has 3 rings (SSSR count). The molecule has 7 nitrogen and oxygen atoms in total. The third-order valence-electron chi connectivity index (χ3n) is 5.11. The summed E-state index contributed by atoms with van der Waals surface area (Å²) in [6, 6.07) is 17.7. The number of carbonyl (C=O) groups is 3. The van der Waals surface area contributed by atoms with Crippen molar-refractivity contribution in [2.45, 2.75) is 44.3 Å². The van der Waals surface area contributed by atoms with Crippen LogP contribution in [0.3, 0.4) is 0 Å². The Kier molecular flexibility index (Phi) is 9.13. The second-order valence-electron chi connectivity index (χ2n) is 7.88. The highest BCUT2D eigenvalue weighted by atomic mass is 32.2. The van der Waals surface area contributed by atoms with E-state index in [1.165, 1.54) is 22.9 Å². The fourth-order valence-electron chi connectivity index (χ4n) is 3.37. The molecular formula is C24H30N4O3S. The summed E-state index contributed by atoms with van der Waals surface area (Å²) in [4.78, 5) is 36.5. The molecule has 1 aliphatic heterocycles. The van der Waals surface area contributed by atoms with E-state index in [1.807, 2.05) is 61.5 Å². The first kappa shape index (κ1) is 23.8. The number of hydrogen-bond acceptors (Lipinski definition) is 5. The molecule has 0 aromatic heterocycles. The van der Waals surface area contributed by atoms with E-state index in [4.69, 9.17) is 0 Å². The van der Waals surface area contributed by atoms with E-state index in [0.29, 0.717) is 13.1 Å². The molecule has 1 saturated heterocycles. The third-order valence-corrected chi connectivity index (χ3v) is 6.13. The zero-order valence-electron chi connectivity index (χ0n) is 18.2. The van der Waals surface area contributed by atoms with Crippen molar-refractivity contribution in [1.82, 2.24) is 21.3 Å². The minimum absolute atomic E-state index is 0.0901. The van der Waals surface area contributed by atoms with E-state index in [0.717, 1.165) is 12.0 Å². The van der Waals surface area contributed by atoms with Crippen LogP contribution in [0.1, 0.15) is 29.5 Å². The lowest BCUT2D eigenvalue weighted by Crippen LogP contribution is -2.56. The monoisotopic (exact) mass is 454 g/mol. The molecular weight excluding hydrogens is 424 g/mol. The Hall–Kier alpha value is -2.84. The predicted octanol–water partition coefficient (Wildman–Crippen LogP) is 1.86. The van der Waals surface area contributed by atoms with Crippen LogP contribution < -0.4 is 21.3 Å². The number of amides is 3. The number of carbonyl (C=O) groups excluding carboxylic acids is 3. The predicted molar refractivity (Wildman–Crippen MR) is 127 cm³/mol. The van der Waals surface area contributed by atoms with Crippen molar-refractivity contribution in [1.29, 1.82) is 0 Å². The summed E-state index contributed by atoms with van der Waals surface area (Å²) in [7, 11) is 0. The topological polar surface area (TPSA) is 99.3 Å². The molecule has 2 aromatic carbocycles. The maximum Gasteiger partial charge on any atom is 0.230 e. The Morgan fingerprint density at radius 3 is 2.50 bits per heavy atom. The maximum absolute atomic E-state index is 12.3. The van der Waals surface area contributed by atoms with Gasteiger partial charge in [0.15, 0.2) is 0 Å². The molecule has 8 heteroatoms. The summed E-state index contributed by atoms with van der Waals surface area (Å²) >= 11 is 1.31. The van der Waals surface area contributed by atoms with Crippen LogP contribution in [0.15, 0.2) is 54.6 Å². The van der Waals surface area contributed by atoms with Gasteiger partial charge in [-0.25, -0.2) is 0 Å². The van der Waals surface area contributed by atoms with Gasteiger partial charge in [0, 0.05) is 32.0 Å². The quantitative estimate of drug-likeness (QED) is 0.439. The molecule has 2 atom stereocenters. The first-order valence-corrected chi connectivity index (χ1v) is 11.8. The zero-order valence-corrected chi connectivity index (χ0v) is 19.0. The van der Waals surface area contributed by atoms with Gasteiger partial charge in [-0.1, -0.05) is 60.2 Å². The molecule has 0 spiro atoms. The number of benzene rings is 2. The van der Waals surface area contributed by atoms with Gasteiger partial charge < -0.3 is 16.0 Å². The van der Waals surface area contributed by atoms with Gasteiger partial charge in [0.1, 0.15) is 5.50 Å². The largest absolute Gasteiger partial charge is 0.356 e. The molecule has 0 bridgehead atoms. The van der Waals surface area contributed by atoms with Crippen LogP contribution in [0.5, 0.6) is 0 Å². The Balaban J connectivity index is 1.35. The van der Waals surface area contributed by atoms with E-state index >= 15 is 0 Å². The lowest BCUT2D eigenvalue weighted by molar-refractivity contribution is -0.125. The van der Waals surface area contributed by atoms with E-state index in [1.54, 1.807) is 0 Å². The highest BCUT2D eigenvalue weighted by molar-refractivity contribution is 8.00. The molecule has 3 amide bonds. The summed E-state index contributed by atoms with van der Waals surface area (Å²) in [6.07, 6.45) is 1.23. The fraction of sp³-hybridized carbons (Fsp3) is 0.375. The number of nitrogens with one attached hydrogen (secondary N) is 4. The summed E-state index contributed by atoms with van der Waals surface area (Å²) < 4.78 is 0. The minimum atomic E-state index is -0.400. The molecule has 32 heavy (non-hydrogen) atoms. The summed E-state index contributed by atoms with van der Waals surface area (Å²) in [5, 5.41) is 11.9. The lowest BCUT2D eigenvalue weighted by atomic mass is 10.1. The number of aryl methyl sites for hydroxylation is 1. The van der Waals surface area contributed by atoms with Crippen LogP contribution >= 0.6 is 11.8 Å². The van der Waals surface area contributed by atoms with Crippen LogP contribution in [0.4, 0.5) is 0 Å². The Morgan fingerprint density at radius 1 is 1.00 bits per heavy atom. The van der Waals surface area contributed by atoms with Crippen LogP contribution in [-0.2, 0) is 27.3 Å². The van der Waals surface area contributed by atoms with Crippen molar-refractivity contribution >= 4 is 29.5 Å². The van der Waals surface area contributed by atoms with Crippen molar-refractivity contribution in [3.8, 4) is 0 Å². The molecule has 4 N–H and O–H groups in total. The number of thioether (sulfide) groups is 1. The van der Waals surface area contributed by atoms with Gasteiger partial charge in [-0.2, -0.15) is 0 Å². The van der Waals surface area contributed by atoms with E-state index < -0.39 is 5.50 Å². The summed E-state index contributed by atoms with van der Waals surface area (Å²) in [6.45, 7) is 3.04. The van der Waals surface area contributed by atoms with Gasteiger partial charge in [-0.15, -0.1) is 11.8 Å². The van der Waals surface area contributed by atoms with E-state index in [9.17, 15) is 14.4 Å². The van der Waals surface area contributed by atoms with Crippen molar-refractivity contribution in [3.05, 3.63) is 71.3 Å². The van der Waals surface area contributed by atoms with Gasteiger partial charge in [0.05, 0.1) is 5.75 Å². The summed E-state index contributed by atoms with van der Waals surface area (Å²) in [5.74, 6) is -0.108. The molecule has 0 radical (unpaired) electrons. The van der Waals surface area contributed by atoms with Gasteiger partial charge >= 0.3 is 0 Å². The standard InChI is InChI=1S/C24H30N4O3S/c1-17-7-9-19(10-8-17)15-26-23(31)16-32-24-27-20(14-22(30)28-24)13-21(29)25-12-11-18-5-3-2-4-6-18/h2-10,20,24,27H,11-16H2,1H3,(H,25,29)(H,26,31)(H,28,30). The Labute approximate surface area is 193 Å². The van der Waals surface area contributed by atoms with Gasteiger partial charge in [-0.3, -0.25) is 19.7 Å². The third kappa shape index (κ3) is 8.36. The average Bonchev–Trinajstić information content (AvgIpc) is 2.77. The smallest absolute Gasteiger partial charge is 0.230 e. The van der Waals surface area contributed by atoms with Crippen molar-refractivity contribution < 1.29 is 14.4 Å². The second kappa shape index (κ2) is 12.3. The first-order chi connectivity index (χ1) is 15.5. The lowest BCUT2D eigenvalue weighted by Gasteiger charge is -2.30. The van der Waals surface area contributed by atoms with Crippen molar-refractivity contribution in [3.63, 3.8) is 0 Å². The van der Waals surface area contributed by atoms with Crippen LogP contribution in [0.2, 0.25) is 0 Å². The van der Waals surface area contributed by atoms with Crippen LogP contribution in [0.25, 0.3) is 0 Å². The van der Waals surface area contributed by atoms with Crippen LogP contribution in [0, 0.1) is 6.92 Å². The van der Waals surface area contributed by atoms with Gasteiger partial charge in [0.2, 0.25) is 17.7 Å². The van der Waals surface area contributed by atoms with Gasteiger partial charge in [0.25, 0.3) is 0 Å². The SMILES string of the molecule is Cc1ccc(CNC(=O)CSC2NC(=O)CC(CC(=O)NCCc3ccccc3)N2)cc1. The van der Waals surface area contributed by atoms with Crippen molar-refractivity contribution in [2.24, 2.45) is 0 Å². The van der Waals surface area contributed by atoms with E-state index in [-0.39, 0.29) is 42.4 Å². The molecule has 0 saturated carbocycles. The molecule has 2 aromatic rings. The minimum Gasteiger partial charge on any atom is -0.356 e. The molecule has 1 heterocycles. The van der Waals surface area contributed by atoms with Crippen molar-refractivity contribution in [2.75, 3.05) is 12.3 Å². The molecule has 0 aliphatic carbocycles. The zero-order chi connectivity index (χ0) is 22.8. The highest BCUT2D eigenvalue weighted by Crippen LogP contribution is 2.14. The van der Waals surface area contributed by atoms with E-state index in [2.05, 4.69) is 21.3 Å². The molecule has 170 valence electrons. The van der Waals surface area contributed by atoms with Crippen LogP contribution in [-0.4, -0.2) is 41.6 Å². The normalized spacial score (nSPS) is 18.0. The first-order valence-electron chi connectivity index (χ1n) is 10.8. The Morgan fingerprint density at radius 2 is 1.75 bits per heavy atom. The highest BCUT2D eigenvalue weighted by Gasteiger charge is 2.27. The summed E-state index contributed by atoms with van der Waals surface area (Å²) in [5.41, 5.74) is 2.98. The molecule has 1 fully saturated rings. The molecule has 1 aliphatic rings. The number of hydrogen-bond donors (Lipinski definition) is 4.